The van der Waals surface area contributed by atoms with Crippen molar-refractivity contribution in [3.05, 3.63) is 41.0 Å². The number of nitrogens with one attached hydrogen (secondary N) is 1. The zero-order valence-corrected chi connectivity index (χ0v) is 18.0. The average Bonchev–Trinajstić information content (AvgIpc) is 3.10. The van der Waals surface area contributed by atoms with Crippen molar-refractivity contribution in [1.82, 2.24) is 19.8 Å². The number of rotatable bonds is 7. The fraction of sp³-hybridized carbons (Fsp3) is 0.550. The summed E-state index contributed by atoms with van der Waals surface area (Å²) >= 11 is 0. The number of aromatic nitrogens is 2. The second-order valence-corrected chi connectivity index (χ2v) is 9.48. The van der Waals surface area contributed by atoms with Crippen LogP contribution in [0, 0.1) is 26.7 Å². The summed E-state index contributed by atoms with van der Waals surface area (Å²) in [4.78, 5) is 16.9. The summed E-state index contributed by atoms with van der Waals surface area (Å²) in [6.45, 7) is 6.76. The van der Waals surface area contributed by atoms with Gasteiger partial charge in [0, 0.05) is 32.0 Å². The molecule has 1 N–H and O–H groups in total. The van der Waals surface area contributed by atoms with E-state index in [2.05, 4.69) is 15.5 Å². The van der Waals surface area contributed by atoms with E-state index in [9.17, 15) is 13.2 Å². The van der Waals surface area contributed by atoms with E-state index in [1.54, 1.807) is 13.0 Å². The first-order chi connectivity index (χ1) is 13.8. The van der Waals surface area contributed by atoms with Crippen LogP contribution < -0.4 is 5.32 Å². The van der Waals surface area contributed by atoms with Crippen molar-refractivity contribution >= 4 is 15.9 Å². The van der Waals surface area contributed by atoms with Gasteiger partial charge in [0.1, 0.15) is 0 Å². The lowest BCUT2D eigenvalue weighted by Crippen LogP contribution is -2.43. The van der Waals surface area contributed by atoms with Gasteiger partial charge in [0.2, 0.25) is 21.8 Å². The summed E-state index contributed by atoms with van der Waals surface area (Å²) in [5.74, 6) is 0.995. The number of hydrogen-bond donors (Lipinski definition) is 1. The molecule has 0 radical (unpaired) electrons. The molecule has 0 saturated carbocycles. The molecule has 1 aliphatic heterocycles. The van der Waals surface area contributed by atoms with Gasteiger partial charge >= 0.3 is 0 Å². The Kier molecular flexibility index (Phi) is 6.69. The minimum absolute atomic E-state index is 0.0183. The number of sulfonamides is 1. The van der Waals surface area contributed by atoms with Crippen LogP contribution in [0.4, 0.5) is 0 Å². The topological polar surface area (TPSA) is 105 Å². The van der Waals surface area contributed by atoms with Crippen LogP contribution in [0.5, 0.6) is 0 Å². The molecule has 0 aliphatic carbocycles. The van der Waals surface area contributed by atoms with Gasteiger partial charge in [-0.2, -0.15) is 9.29 Å². The largest absolute Gasteiger partial charge is 0.356 e. The highest BCUT2D eigenvalue weighted by Crippen LogP contribution is 2.26. The Morgan fingerprint density at radius 3 is 2.59 bits per heavy atom. The van der Waals surface area contributed by atoms with Gasteiger partial charge in [0.05, 0.1) is 4.90 Å². The first kappa shape index (κ1) is 21.4. The second kappa shape index (κ2) is 9.04. The molecule has 0 atom stereocenters. The molecule has 29 heavy (non-hydrogen) atoms. The standard InChI is InChI=1S/C20H28N4O4S/c1-14-6-7-18(15(2)13-14)29(26,27)24-11-8-17(9-12-24)20(25)21-10-4-5-19-22-16(3)23-28-19/h6-7,13,17H,4-5,8-12H2,1-3H3,(H,21,25). The number of nitrogens with zero attached hydrogens (tertiary/aromatic N) is 3. The Morgan fingerprint density at radius 1 is 1.24 bits per heavy atom. The Balaban J connectivity index is 1.47. The molecule has 0 bridgehead atoms. The molecule has 1 amide bonds. The highest BCUT2D eigenvalue weighted by atomic mass is 32.2. The Hall–Kier alpha value is -2.26. The summed E-state index contributed by atoms with van der Waals surface area (Å²) in [5, 5.41) is 6.67. The zero-order valence-electron chi connectivity index (χ0n) is 17.1. The molecule has 9 heteroatoms. The minimum Gasteiger partial charge on any atom is -0.356 e. The maximum Gasteiger partial charge on any atom is 0.243 e. The van der Waals surface area contributed by atoms with E-state index in [-0.39, 0.29) is 11.8 Å². The third-order valence-electron chi connectivity index (χ3n) is 5.21. The third kappa shape index (κ3) is 5.22. The van der Waals surface area contributed by atoms with Crippen molar-refractivity contribution in [3.63, 3.8) is 0 Å². The lowest BCUT2D eigenvalue weighted by atomic mass is 9.97. The third-order valence-corrected chi connectivity index (χ3v) is 7.27. The summed E-state index contributed by atoms with van der Waals surface area (Å²) in [5.41, 5.74) is 1.78. The first-order valence-electron chi connectivity index (χ1n) is 9.91. The van der Waals surface area contributed by atoms with Gasteiger partial charge in [-0.3, -0.25) is 4.79 Å². The number of carbonyl (C=O) groups excluding carboxylic acids is 1. The van der Waals surface area contributed by atoms with Crippen LogP contribution in [0.25, 0.3) is 0 Å². The van der Waals surface area contributed by atoms with Crippen molar-refractivity contribution in [1.29, 1.82) is 0 Å². The van der Waals surface area contributed by atoms with E-state index in [1.807, 2.05) is 26.0 Å². The molecule has 8 nitrogen and oxygen atoms in total. The van der Waals surface area contributed by atoms with E-state index in [1.165, 1.54) is 4.31 Å². The molecular weight excluding hydrogens is 392 g/mol. The molecule has 1 saturated heterocycles. The summed E-state index contributed by atoms with van der Waals surface area (Å²) in [6, 6.07) is 5.36. The van der Waals surface area contributed by atoms with E-state index in [4.69, 9.17) is 4.52 Å². The van der Waals surface area contributed by atoms with E-state index >= 15 is 0 Å². The number of benzene rings is 1. The SMILES string of the molecule is Cc1ccc(S(=O)(=O)N2CCC(C(=O)NCCCc3nc(C)no3)CC2)c(C)c1. The van der Waals surface area contributed by atoms with Crippen LogP contribution in [0.3, 0.4) is 0 Å². The van der Waals surface area contributed by atoms with Gasteiger partial charge in [-0.1, -0.05) is 22.9 Å². The zero-order chi connectivity index (χ0) is 21.0. The lowest BCUT2D eigenvalue weighted by molar-refractivity contribution is -0.126. The molecule has 0 spiro atoms. The van der Waals surface area contributed by atoms with Gasteiger partial charge in [-0.15, -0.1) is 0 Å². The minimum atomic E-state index is -3.53. The molecule has 3 rings (SSSR count). The Labute approximate surface area is 171 Å². The van der Waals surface area contributed by atoms with Crippen LogP contribution in [-0.4, -0.2) is 48.4 Å². The highest BCUT2D eigenvalue weighted by Gasteiger charge is 2.32. The number of aryl methyl sites for hydroxylation is 4. The highest BCUT2D eigenvalue weighted by molar-refractivity contribution is 7.89. The first-order valence-corrected chi connectivity index (χ1v) is 11.4. The van der Waals surface area contributed by atoms with Gasteiger partial charge in [0.25, 0.3) is 0 Å². The maximum absolute atomic E-state index is 12.9. The predicted molar refractivity (Wildman–Crippen MR) is 108 cm³/mol. The van der Waals surface area contributed by atoms with Crippen LogP contribution >= 0.6 is 0 Å². The molecule has 1 aliphatic rings. The van der Waals surface area contributed by atoms with Crippen LogP contribution in [0.2, 0.25) is 0 Å². The van der Waals surface area contributed by atoms with Crippen molar-refractivity contribution in [2.75, 3.05) is 19.6 Å². The van der Waals surface area contributed by atoms with Crippen LogP contribution in [0.1, 0.15) is 42.1 Å². The normalized spacial score (nSPS) is 16.1. The van der Waals surface area contributed by atoms with Gasteiger partial charge in [-0.25, -0.2) is 8.42 Å². The summed E-state index contributed by atoms with van der Waals surface area (Å²) in [6.07, 6.45) is 2.39. The molecule has 0 unspecified atom stereocenters. The van der Waals surface area contributed by atoms with Gasteiger partial charge in [0.15, 0.2) is 5.82 Å². The quantitative estimate of drug-likeness (QED) is 0.688. The molecule has 1 fully saturated rings. The van der Waals surface area contributed by atoms with Crippen LogP contribution in [-0.2, 0) is 21.2 Å². The molecule has 2 aromatic rings. The van der Waals surface area contributed by atoms with Gasteiger partial charge in [-0.05, 0) is 51.7 Å². The smallest absolute Gasteiger partial charge is 0.243 e. The van der Waals surface area contributed by atoms with Gasteiger partial charge < -0.3 is 9.84 Å². The number of hydrogen-bond acceptors (Lipinski definition) is 6. The average molecular weight is 421 g/mol. The van der Waals surface area contributed by atoms with Crippen molar-refractivity contribution in [2.45, 2.75) is 51.3 Å². The number of piperidine rings is 1. The second-order valence-electron chi connectivity index (χ2n) is 7.58. The Bertz CT molecular complexity index is 963. The van der Waals surface area contributed by atoms with Crippen LogP contribution in [0.15, 0.2) is 27.6 Å². The molecule has 1 aromatic heterocycles. The van der Waals surface area contributed by atoms with Crippen molar-refractivity contribution < 1.29 is 17.7 Å². The van der Waals surface area contributed by atoms with Crippen molar-refractivity contribution in [3.8, 4) is 0 Å². The number of carbonyl (C=O) groups is 1. The number of amides is 1. The monoisotopic (exact) mass is 420 g/mol. The Morgan fingerprint density at radius 2 is 1.97 bits per heavy atom. The van der Waals surface area contributed by atoms with E-state index in [0.717, 1.165) is 11.1 Å². The fourth-order valence-corrected chi connectivity index (χ4v) is 5.30. The summed E-state index contributed by atoms with van der Waals surface area (Å²) in [7, 11) is -3.53. The fourth-order valence-electron chi connectivity index (χ4n) is 3.62. The van der Waals surface area contributed by atoms with E-state index < -0.39 is 10.0 Å². The maximum atomic E-state index is 12.9. The molecular formula is C20H28N4O4S. The molecule has 1 aromatic carbocycles. The van der Waals surface area contributed by atoms with Crippen molar-refractivity contribution in [2.24, 2.45) is 5.92 Å². The van der Waals surface area contributed by atoms with E-state index in [0.29, 0.717) is 61.9 Å². The molecule has 158 valence electrons. The predicted octanol–water partition coefficient (Wildman–Crippen LogP) is 2.14. The molecule has 2 heterocycles. The lowest BCUT2D eigenvalue weighted by Gasteiger charge is -2.31. The summed E-state index contributed by atoms with van der Waals surface area (Å²) < 4.78 is 32.4.